The van der Waals surface area contributed by atoms with Crippen LogP contribution in [0.4, 0.5) is 0 Å². The molecule has 7 heterocycles. The maximum absolute atomic E-state index is 13.1. The summed E-state index contributed by atoms with van der Waals surface area (Å²) in [4.78, 5) is 50.7. The number of nitrogens with one attached hydrogen (secondary N) is 5. The molecule has 30 nitrogen and oxygen atoms in total. The Bertz CT molecular complexity index is 4930. The van der Waals surface area contributed by atoms with E-state index in [2.05, 4.69) is 20.3 Å². The van der Waals surface area contributed by atoms with E-state index in [1.54, 1.807) is 183 Å². The normalized spacial score (nSPS) is 14.8. The Labute approximate surface area is 587 Å². The monoisotopic (exact) mass is 1470 g/mol. The summed E-state index contributed by atoms with van der Waals surface area (Å²) in [6, 6.07) is 36.4. The number of aromatic nitrogens is 4. The minimum absolute atomic E-state index is 0.113. The van der Waals surface area contributed by atoms with Crippen LogP contribution in [0.1, 0.15) is 114 Å². The van der Waals surface area contributed by atoms with Crippen molar-refractivity contribution in [3.63, 3.8) is 0 Å². The fraction of sp³-hybridized carbons (Fsp3) is 0.250. The number of sulfonamides is 4. The van der Waals surface area contributed by atoms with E-state index in [4.69, 9.17) is 30.1 Å². The summed E-state index contributed by atoms with van der Waals surface area (Å²) in [6.45, 7) is 10.6. The van der Waals surface area contributed by atoms with Crippen LogP contribution in [0.2, 0.25) is 0 Å². The number of rotatable bonds is 14. The number of fused-ring (bicyclic) bond motifs is 4. The van der Waals surface area contributed by atoms with Crippen molar-refractivity contribution >= 4 is 63.7 Å². The zero-order valence-corrected chi connectivity index (χ0v) is 58.9. The molecule has 0 unspecified atom stereocenters. The van der Waals surface area contributed by atoms with Gasteiger partial charge in [-0.05, 0) is 202 Å². The van der Waals surface area contributed by atoms with Crippen LogP contribution in [-0.4, -0.2) is 142 Å². The quantitative estimate of drug-likeness (QED) is 0.0406. The topological polar surface area (TPSA) is 424 Å². The predicted molar refractivity (Wildman–Crippen MR) is 364 cm³/mol. The van der Waals surface area contributed by atoms with Gasteiger partial charge in [-0.2, -0.15) is 22.3 Å². The highest BCUT2D eigenvalue weighted by atomic mass is 32.2. The SMILES string of the molecule is Cc1ccc(S(=O)(=O)N2CCc3cc(C(=O)NO)ccc3C2)cc1.Cc1n[nH]c(C)c1S(=O)(=O)N1CCc2cc(C(=O)NO)ccc2C1.Cc1noc(C)c1S(=O)(=O)N1CCc2cc(C(=O)NO)ccc2C1.O=C(NO)c1ccc2c(c1)CCN(S(=O)(=O)c1ccc(Oc3ccncc3)cc1)C2. The number of carbonyl (C=O) groups is 4. The number of hydrogen-bond acceptors (Lipinski definition) is 21. The molecule has 0 spiro atoms. The highest BCUT2D eigenvalue weighted by molar-refractivity contribution is 7.90. The second-order valence-electron chi connectivity index (χ2n) is 24.0. The summed E-state index contributed by atoms with van der Waals surface area (Å²) in [5, 5.41) is 45.2. The number of amides is 4. The number of nitrogens with zero attached hydrogens (tertiary/aromatic N) is 7. The second kappa shape index (κ2) is 31.5. The van der Waals surface area contributed by atoms with Crippen molar-refractivity contribution in [1.29, 1.82) is 0 Å². The molecule has 4 aliphatic rings. The predicted octanol–water partition coefficient (Wildman–Crippen LogP) is 6.65. The van der Waals surface area contributed by atoms with Gasteiger partial charge in [0.15, 0.2) is 5.76 Å². The first kappa shape index (κ1) is 74.7. The van der Waals surface area contributed by atoms with Crippen LogP contribution < -0.4 is 26.7 Å². The molecule has 0 radical (unpaired) electrons. The van der Waals surface area contributed by atoms with E-state index in [-0.39, 0.29) is 51.5 Å². The lowest BCUT2D eigenvalue weighted by atomic mass is 9.98. The largest absolute Gasteiger partial charge is 0.457 e. The minimum atomic E-state index is -3.70. The lowest BCUT2D eigenvalue weighted by molar-refractivity contribution is 0.0702. The number of pyridine rings is 1. The van der Waals surface area contributed by atoms with E-state index in [0.29, 0.717) is 103 Å². The van der Waals surface area contributed by atoms with Crippen molar-refractivity contribution in [1.82, 2.24) is 59.5 Å². The third kappa shape index (κ3) is 16.5. The van der Waals surface area contributed by atoms with E-state index < -0.39 is 63.7 Å². The van der Waals surface area contributed by atoms with Gasteiger partial charge in [0.05, 0.1) is 21.2 Å². The molecular weight excluding hydrogens is 1400 g/mol. The molecule has 3 aromatic heterocycles. The third-order valence-corrected chi connectivity index (χ3v) is 25.3. The number of hydroxylamine groups is 4. The summed E-state index contributed by atoms with van der Waals surface area (Å²) < 4.78 is 119. The molecule has 4 amide bonds. The molecule has 9 aromatic rings. The van der Waals surface area contributed by atoms with E-state index in [1.807, 2.05) is 6.92 Å². The van der Waals surface area contributed by atoms with Crippen molar-refractivity contribution in [2.45, 2.75) is 106 Å². The van der Waals surface area contributed by atoms with Gasteiger partial charge in [0, 0.05) is 87.0 Å². The first-order valence-electron chi connectivity index (χ1n) is 31.5. The van der Waals surface area contributed by atoms with Crippen LogP contribution in [0.5, 0.6) is 11.5 Å². The summed E-state index contributed by atoms with van der Waals surface area (Å²) in [5.74, 6) is -0.940. The van der Waals surface area contributed by atoms with Crippen LogP contribution in [0.15, 0.2) is 170 Å². The third-order valence-electron chi connectivity index (χ3n) is 17.4. The molecule has 0 saturated heterocycles. The Hall–Kier alpha value is -9.95. The van der Waals surface area contributed by atoms with Crippen molar-refractivity contribution in [2.75, 3.05) is 26.2 Å². The Balaban J connectivity index is 0.000000147. The van der Waals surface area contributed by atoms with Crippen molar-refractivity contribution in [2.24, 2.45) is 0 Å². The standard InChI is InChI=1S/C21H19N3O5S.C17H18N2O4S.C15H18N4O4S.C15H17N3O5S/c25-21(23-26)16-1-2-17-14-24(12-9-15(17)13-16)30(27,28)20-5-3-18(4-6-20)29-19-7-10-22-11-8-19;1-12-2-6-16(7-3-12)24(22,23)19-9-8-13-10-14(17(20)18-21)4-5-15(13)11-19;1-9-14(10(2)17-16-9)24(22,23)19-6-5-11-7-12(15(20)18-21)3-4-13(11)8-19;1-9-14(10(2)23-17-9)24(21,22)18-6-5-11-7-12(15(19)16-20)3-4-13(11)8-18/h1-8,10-11,13,26H,9,12,14H2,(H,23,25);2-7,10,21H,8-9,11H2,1H3,(H,18,20);3-4,7,21H,5-6,8H2,1-2H3,(H,16,17)(H,18,20);3-4,7,20H,5-6,8H2,1-2H3,(H,16,19). The van der Waals surface area contributed by atoms with Gasteiger partial charge < -0.3 is 9.26 Å². The summed E-state index contributed by atoms with van der Waals surface area (Å²) >= 11 is 0. The van der Waals surface area contributed by atoms with Crippen LogP contribution in [0.25, 0.3) is 0 Å². The molecule has 0 saturated carbocycles. The molecule has 0 atom stereocenters. The average molecular weight is 1470 g/mol. The zero-order valence-electron chi connectivity index (χ0n) is 55.6. The molecule has 0 aliphatic carbocycles. The van der Waals surface area contributed by atoms with Gasteiger partial charge in [-0.1, -0.05) is 47.1 Å². The molecule has 4 aliphatic heterocycles. The van der Waals surface area contributed by atoms with Gasteiger partial charge in [-0.15, -0.1) is 0 Å². The number of hydrogen-bond donors (Lipinski definition) is 9. The Morgan fingerprint density at radius 1 is 0.422 bits per heavy atom. The summed E-state index contributed by atoms with van der Waals surface area (Å²) in [6.07, 6.45) is 5.20. The Kier molecular flexibility index (Phi) is 23.1. The minimum Gasteiger partial charge on any atom is -0.457 e. The van der Waals surface area contributed by atoms with Crippen LogP contribution >= 0.6 is 0 Å². The van der Waals surface area contributed by atoms with Crippen molar-refractivity contribution in [3.05, 3.63) is 241 Å². The van der Waals surface area contributed by atoms with E-state index in [0.717, 1.165) is 50.1 Å². The number of carbonyl (C=O) groups excluding carboxylic acids is 4. The van der Waals surface area contributed by atoms with Crippen molar-refractivity contribution in [3.8, 4) is 11.5 Å². The molecule has 9 N–H and O–H groups in total. The smallest absolute Gasteiger partial charge is 0.274 e. The number of aromatic amines is 1. The molecule has 13 rings (SSSR count). The molecule has 6 aromatic carbocycles. The first-order valence-corrected chi connectivity index (χ1v) is 37.3. The van der Waals surface area contributed by atoms with Crippen LogP contribution in [0.3, 0.4) is 0 Å². The average Bonchev–Trinajstić information content (AvgIpc) is 1.55. The number of H-pyrrole nitrogens is 1. The maximum Gasteiger partial charge on any atom is 0.274 e. The number of ether oxygens (including phenoxy) is 1. The van der Waals surface area contributed by atoms with E-state index >= 15 is 0 Å². The number of aryl methyl sites for hydroxylation is 5. The lowest BCUT2D eigenvalue weighted by Gasteiger charge is -2.28. The van der Waals surface area contributed by atoms with E-state index in [1.165, 1.54) is 29.4 Å². The molecule has 34 heteroatoms. The van der Waals surface area contributed by atoms with Gasteiger partial charge in [-0.3, -0.25) is 50.1 Å². The summed E-state index contributed by atoms with van der Waals surface area (Å²) in [7, 11) is -14.5. The molecule has 102 heavy (non-hydrogen) atoms. The van der Waals surface area contributed by atoms with Crippen LogP contribution in [-0.2, 0) is 92.0 Å². The van der Waals surface area contributed by atoms with Gasteiger partial charge in [0.2, 0.25) is 40.1 Å². The lowest BCUT2D eigenvalue weighted by Crippen LogP contribution is -2.36. The molecular formula is C68H72N12O18S4. The summed E-state index contributed by atoms with van der Waals surface area (Å²) in [5.41, 5.74) is 17.0. The maximum atomic E-state index is 13.1. The van der Waals surface area contributed by atoms with Gasteiger partial charge >= 0.3 is 0 Å². The van der Waals surface area contributed by atoms with Crippen LogP contribution in [0, 0.1) is 34.6 Å². The fourth-order valence-electron chi connectivity index (χ4n) is 12.0. The van der Waals surface area contributed by atoms with E-state index in [9.17, 15) is 52.8 Å². The fourth-order valence-corrected chi connectivity index (χ4v) is 18.3. The van der Waals surface area contributed by atoms with Gasteiger partial charge in [0.25, 0.3) is 23.6 Å². The first-order chi connectivity index (χ1) is 48.6. The van der Waals surface area contributed by atoms with Gasteiger partial charge in [0.1, 0.15) is 27.0 Å². The van der Waals surface area contributed by atoms with Crippen molar-refractivity contribution < 1.29 is 82.9 Å². The van der Waals surface area contributed by atoms with Gasteiger partial charge in [-0.25, -0.2) is 55.6 Å². The highest BCUT2D eigenvalue weighted by Gasteiger charge is 2.36. The Morgan fingerprint density at radius 3 is 1.08 bits per heavy atom. The molecule has 0 fully saturated rings. The zero-order chi connectivity index (χ0) is 73.4. The number of benzene rings is 6. The second-order valence-corrected chi connectivity index (χ2v) is 31.7. The highest BCUT2D eigenvalue weighted by Crippen LogP contribution is 2.33. The Morgan fingerprint density at radius 2 is 0.755 bits per heavy atom. The molecule has 536 valence electrons. The molecule has 0 bridgehead atoms.